The lowest BCUT2D eigenvalue weighted by Gasteiger charge is -2.21. The van der Waals surface area contributed by atoms with Crippen molar-refractivity contribution in [1.29, 1.82) is 0 Å². The van der Waals surface area contributed by atoms with Crippen molar-refractivity contribution in [2.75, 3.05) is 7.11 Å². The van der Waals surface area contributed by atoms with Crippen LogP contribution in [0.15, 0.2) is 127 Å². The predicted molar refractivity (Wildman–Crippen MR) is 167 cm³/mol. The molecule has 0 atom stereocenters. The van der Waals surface area contributed by atoms with E-state index in [1.807, 2.05) is 78.9 Å². The number of allylic oxidation sites excluding steroid dienone is 4. The van der Waals surface area contributed by atoms with Crippen LogP contribution in [0.25, 0.3) is 0 Å². The van der Waals surface area contributed by atoms with Crippen LogP contribution in [0, 0.1) is 0 Å². The van der Waals surface area contributed by atoms with Gasteiger partial charge in [-0.25, -0.2) is 4.79 Å². The lowest BCUT2D eigenvalue weighted by molar-refractivity contribution is 0.0772. The molecule has 0 radical (unpaired) electrons. The van der Waals surface area contributed by atoms with Crippen LogP contribution < -0.4 is 29.6 Å². The molecule has 1 aliphatic carbocycles. The standard InChI is InChI=1S/C32H28B2O7S/c1-36-29-21-30(37-33(25-13-5-2-6-14-25)26-15-11-12-24(20-26)32(35)41-42)23-31(22-29)40-34(38-27-16-7-3-8-17-27)39-28-18-9-4-10-19-28/h2-9,11-18,20-23,42H,10,19H2,1H3. The van der Waals surface area contributed by atoms with Crippen molar-refractivity contribution in [3.8, 4) is 23.0 Å². The quantitative estimate of drug-likeness (QED) is 0.134. The molecule has 0 aliphatic heterocycles. The van der Waals surface area contributed by atoms with Crippen LogP contribution in [0.1, 0.15) is 23.2 Å². The molecule has 0 N–H and O–H groups in total. The number of carbonyl (C=O) groups excluding carboxylic acids is 1. The first-order chi connectivity index (χ1) is 20.6. The Morgan fingerprint density at radius 1 is 0.714 bits per heavy atom. The number of carbonyl (C=O) groups is 1. The van der Waals surface area contributed by atoms with Gasteiger partial charge < -0.3 is 27.5 Å². The maximum atomic E-state index is 12.2. The van der Waals surface area contributed by atoms with E-state index in [1.54, 1.807) is 43.5 Å². The summed E-state index contributed by atoms with van der Waals surface area (Å²) in [6, 6.07) is 31.3. The second kappa shape index (κ2) is 14.3. The Balaban J connectivity index is 1.45. The van der Waals surface area contributed by atoms with Crippen LogP contribution in [0.5, 0.6) is 23.0 Å². The van der Waals surface area contributed by atoms with Crippen molar-refractivity contribution in [3.05, 3.63) is 133 Å². The molecule has 0 spiro atoms. The highest BCUT2D eigenvalue weighted by Crippen LogP contribution is 2.29. The average Bonchev–Trinajstić information content (AvgIpc) is 3.04. The van der Waals surface area contributed by atoms with Crippen molar-refractivity contribution in [1.82, 2.24) is 0 Å². The molecule has 10 heteroatoms. The lowest BCUT2D eigenvalue weighted by atomic mass is 9.55. The molecular formula is C32H28B2O7S. The van der Waals surface area contributed by atoms with Gasteiger partial charge in [0.1, 0.15) is 23.0 Å². The van der Waals surface area contributed by atoms with E-state index in [9.17, 15) is 4.79 Å². The normalized spacial score (nSPS) is 12.0. The minimum absolute atomic E-state index is 0.353. The number of hydrogen-bond acceptors (Lipinski definition) is 8. The lowest BCUT2D eigenvalue weighted by Crippen LogP contribution is -2.47. The molecule has 0 unspecified atom stereocenters. The Bertz CT molecular complexity index is 1550. The highest BCUT2D eigenvalue weighted by Gasteiger charge is 2.32. The Morgan fingerprint density at radius 2 is 1.38 bits per heavy atom. The Kier molecular flexibility index (Phi) is 9.80. The first-order valence-electron chi connectivity index (χ1n) is 13.4. The highest BCUT2D eigenvalue weighted by molar-refractivity contribution is 7.75. The fourth-order valence-electron chi connectivity index (χ4n) is 4.37. The van der Waals surface area contributed by atoms with Gasteiger partial charge in [0.05, 0.1) is 18.4 Å². The molecule has 210 valence electrons. The van der Waals surface area contributed by atoms with E-state index >= 15 is 0 Å². The van der Waals surface area contributed by atoms with Crippen molar-refractivity contribution in [3.63, 3.8) is 0 Å². The molecule has 0 fully saturated rings. The summed E-state index contributed by atoms with van der Waals surface area (Å²) in [7, 11) is 0.497. The van der Waals surface area contributed by atoms with E-state index < -0.39 is 20.2 Å². The smallest absolute Gasteiger partial charge is 0.551 e. The zero-order valence-corrected chi connectivity index (χ0v) is 23.8. The van der Waals surface area contributed by atoms with Gasteiger partial charge in [0.25, 0.3) is 0 Å². The van der Waals surface area contributed by atoms with Gasteiger partial charge in [-0.3, -0.25) is 0 Å². The Morgan fingerprint density at radius 3 is 2.07 bits per heavy atom. The third-order valence-corrected chi connectivity index (χ3v) is 6.55. The van der Waals surface area contributed by atoms with Crippen LogP contribution in [0.4, 0.5) is 0 Å². The van der Waals surface area contributed by atoms with Crippen molar-refractivity contribution in [2.24, 2.45) is 0 Å². The van der Waals surface area contributed by atoms with Crippen molar-refractivity contribution in [2.45, 2.75) is 12.8 Å². The Labute approximate surface area is 251 Å². The molecule has 42 heavy (non-hydrogen) atoms. The Hall–Kier alpha value is -4.69. The van der Waals surface area contributed by atoms with Gasteiger partial charge in [-0.05, 0) is 47.7 Å². The second-order valence-corrected chi connectivity index (χ2v) is 9.49. The summed E-state index contributed by atoms with van der Waals surface area (Å²) in [5, 5.41) is 0. The van der Waals surface area contributed by atoms with E-state index in [0.717, 1.165) is 29.5 Å². The molecule has 5 rings (SSSR count). The van der Waals surface area contributed by atoms with E-state index in [0.29, 0.717) is 28.6 Å². The topological polar surface area (TPSA) is 72.5 Å². The van der Waals surface area contributed by atoms with Gasteiger partial charge in [-0.1, -0.05) is 72.8 Å². The molecule has 4 aromatic rings. The van der Waals surface area contributed by atoms with Gasteiger partial charge in [0.15, 0.2) is 0 Å². The zero-order chi connectivity index (χ0) is 29.1. The van der Waals surface area contributed by atoms with Crippen LogP contribution in [0.3, 0.4) is 0 Å². The third-order valence-electron chi connectivity index (χ3n) is 6.38. The van der Waals surface area contributed by atoms with Gasteiger partial charge in [0, 0.05) is 37.5 Å². The zero-order valence-electron chi connectivity index (χ0n) is 22.9. The van der Waals surface area contributed by atoms with Crippen LogP contribution in [0.2, 0.25) is 0 Å². The number of methoxy groups -OCH3 is 1. The fraction of sp³-hybridized carbons (Fsp3) is 0.0938. The van der Waals surface area contributed by atoms with E-state index in [2.05, 4.69) is 23.2 Å². The molecule has 0 amide bonds. The summed E-state index contributed by atoms with van der Waals surface area (Å²) >= 11 is 3.66. The molecule has 0 bridgehead atoms. The van der Waals surface area contributed by atoms with Crippen LogP contribution in [-0.4, -0.2) is 27.3 Å². The monoisotopic (exact) mass is 578 g/mol. The number of ether oxygens (including phenoxy) is 1. The van der Waals surface area contributed by atoms with Gasteiger partial charge in [-0.15, -0.1) is 0 Å². The van der Waals surface area contributed by atoms with E-state index in [1.165, 1.54) is 0 Å². The SMILES string of the molecule is COc1cc(OB(OC2=CC=CCC2)Oc2ccccc2)cc(OB(c2ccccc2)c2cccc(C(=O)OS)c2)c1. The summed E-state index contributed by atoms with van der Waals surface area (Å²) in [6.07, 6.45) is 7.53. The van der Waals surface area contributed by atoms with Gasteiger partial charge in [-0.2, -0.15) is 0 Å². The predicted octanol–water partition coefficient (Wildman–Crippen LogP) is 5.57. The van der Waals surface area contributed by atoms with Crippen LogP contribution in [-0.2, 0) is 8.84 Å². The number of para-hydroxylation sites is 1. The molecule has 0 aromatic heterocycles. The van der Waals surface area contributed by atoms with Gasteiger partial charge >= 0.3 is 20.2 Å². The number of thiol groups is 1. The maximum Gasteiger partial charge on any atom is 0.864 e. The maximum absolute atomic E-state index is 12.2. The van der Waals surface area contributed by atoms with Gasteiger partial charge in [0.2, 0.25) is 0 Å². The van der Waals surface area contributed by atoms with Crippen molar-refractivity contribution < 1.29 is 32.3 Å². The summed E-state index contributed by atoms with van der Waals surface area (Å²) in [6.45, 7) is -0.564. The first kappa shape index (κ1) is 28.8. The summed E-state index contributed by atoms with van der Waals surface area (Å²) in [5.41, 5.74) is 1.98. The van der Waals surface area contributed by atoms with Crippen molar-refractivity contribution >= 4 is 44.0 Å². The fourth-order valence-corrected chi connectivity index (χ4v) is 4.47. The molecule has 0 heterocycles. The molecular weight excluding hydrogens is 550 g/mol. The molecule has 0 saturated carbocycles. The number of rotatable bonds is 12. The average molecular weight is 578 g/mol. The number of benzene rings is 4. The minimum atomic E-state index is -1.07. The summed E-state index contributed by atoms with van der Waals surface area (Å²) in [4.78, 5) is 12.2. The summed E-state index contributed by atoms with van der Waals surface area (Å²) in [5.74, 6) is 2.19. The highest BCUT2D eigenvalue weighted by atomic mass is 32.1. The minimum Gasteiger partial charge on any atom is -0.551 e. The molecule has 4 aromatic carbocycles. The van der Waals surface area contributed by atoms with E-state index in [4.69, 9.17) is 23.4 Å². The van der Waals surface area contributed by atoms with E-state index in [-0.39, 0.29) is 0 Å². The largest absolute Gasteiger partial charge is 0.864 e. The molecule has 0 saturated heterocycles. The van der Waals surface area contributed by atoms with Crippen LogP contribution >= 0.6 is 12.9 Å². The summed E-state index contributed by atoms with van der Waals surface area (Å²) < 4.78 is 35.1. The molecule has 7 nitrogen and oxygen atoms in total. The molecule has 1 aliphatic rings. The first-order valence-corrected chi connectivity index (χ1v) is 13.7. The second-order valence-electron chi connectivity index (χ2n) is 9.31. The third kappa shape index (κ3) is 7.73. The number of hydrogen-bond donors (Lipinski definition) is 1.